The number of halogens is 1. The van der Waals surface area contributed by atoms with Crippen molar-refractivity contribution in [3.05, 3.63) is 81.5 Å². The van der Waals surface area contributed by atoms with Gasteiger partial charge in [-0.1, -0.05) is 34.1 Å². The first kappa shape index (κ1) is 21.3. The Morgan fingerprint density at radius 1 is 1.09 bits per heavy atom. The highest BCUT2D eigenvalue weighted by Gasteiger charge is 2.37. The molecule has 0 saturated carbocycles. The SMILES string of the molecule is Cc1ccc(-c2ccc(/C=C3/C(=O)NC(=O)N(c4cccc(Br)c4)C3=O)o2)cc1C(=O)[O-]. The number of benzene rings is 2. The normalized spacial score (nSPS) is 15.2. The maximum atomic E-state index is 12.9. The van der Waals surface area contributed by atoms with Crippen molar-refractivity contribution in [3.63, 3.8) is 0 Å². The minimum absolute atomic E-state index is 0.0313. The third-order valence-corrected chi connectivity index (χ3v) is 5.32. The second-order valence-electron chi connectivity index (χ2n) is 6.96. The topological polar surface area (TPSA) is 120 Å². The Balaban J connectivity index is 1.68. The fourth-order valence-corrected chi connectivity index (χ4v) is 3.62. The summed E-state index contributed by atoms with van der Waals surface area (Å²) in [7, 11) is 0. The summed E-state index contributed by atoms with van der Waals surface area (Å²) in [5.41, 5.74) is 1.07. The van der Waals surface area contributed by atoms with Crippen LogP contribution in [-0.4, -0.2) is 23.8 Å². The van der Waals surface area contributed by atoms with Crippen LogP contribution in [0.25, 0.3) is 17.4 Å². The molecule has 2 aromatic carbocycles. The minimum atomic E-state index is -1.31. The number of rotatable bonds is 4. The van der Waals surface area contributed by atoms with Gasteiger partial charge in [-0.25, -0.2) is 9.69 Å². The van der Waals surface area contributed by atoms with Crippen LogP contribution >= 0.6 is 15.9 Å². The third kappa shape index (κ3) is 3.97. The number of anilines is 1. The Labute approximate surface area is 190 Å². The standard InChI is InChI=1S/C23H15BrN2O6/c1-12-5-6-13(9-17(12)22(29)30)19-8-7-16(32-19)11-18-20(27)25-23(31)26(21(18)28)15-4-2-3-14(24)10-15/h2-11H,1H3,(H,29,30)(H,25,27,31)/p-1/b18-11-. The number of hydrogen-bond donors (Lipinski definition) is 1. The summed E-state index contributed by atoms with van der Waals surface area (Å²) in [6.45, 7) is 1.65. The zero-order valence-electron chi connectivity index (χ0n) is 16.5. The molecular formula is C23H14BrN2O6-. The number of amides is 4. The molecule has 32 heavy (non-hydrogen) atoms. The summed E-state index contributed by atoms with van der Waals surface area (Å²) in [6.07, 6.45) is 1.23. The molecule has 3 aromatic rings. The number of aryl methyl sites for hydroxylation is 1. The molecule has 0 atom stereocenters. The fourth-order valence-electron chi connectivity index (χ4n) is 3.23. The monoisotopic (exact) mass is 493 g/mol. The van der Waals surface area contributed by atoms with Gasteiger partial charge in [0.1, 0.15) is 17.1 Å². The summed E-state index contributed by atoms with van der Waals surface area (Å²) in [5.74, 6) is -2.44. The Bertz CT molecular complexity index is 1320. The van der Waals surface area contributed by atoms with E-state index in [0.29, 0.717) is 21.4 Å². The third-order valence-electron chi connectivity index (χ3n) is 4.82. The average Bonchev–Trinajstić information content (AvgIpc) is 3.20. The molecule has 9 heteroatoms. The lowest BCUT2D eigenvalue weighted by molar-refractivity contribution is -0.255. The van der Waals surface area contributed by atoms with Crippen molar-refractivity contribution in [1.82, 2.24) is 5.32 Å². The average molecular weight is 494 g/mol. The van der Waals surface area contributed by atoms with E-state index in [-0.39, 0.29) is 22.6 Å². The molecule has 160 valence electrons. The van der Waals surface area contributed by atoms with Crippen LogP contribution in [0, 0.1) is 6.92 Å². The van der Waals surface area contributed by atoms with Crippen LogP contribution in [0.15, 0.2) is 69.1 Å². The van der Waals surface area contributed by atoms with Crippen LogP contribution in [0.1, 0.15) is 21.7 Å². The second-order valence-corrected chi connectivity index (χ2v) is 7.87. The van der Waals surface area contributed by atoms with Crippen molar-refractivity contribution < 1.29 is 28.7 Å². The van der Waals surface area contributed by atoms with Gasteiger partial charge in [0, 0.05) is 15.6 Å². The second kappa shape index (κ2) is 8.27. The Hall–Kier alpha value is -3.98. The van der Waals surface area contributed by atoms with E-state index in [1.807, 2.05) is 0 Å². The van der Waals surface area contributed by atoms with E-state index in [0.717, 1.165) is 4.90 Å². The first-order valence-electron chi connectivity index (χ1n) is 9.34. The maximum absolute atomic E-state index is 12.9. The number of furan rings is 1. The first-order chi connectivity index (χ1) is 15.2. The van der Waals surface area contributed by atoms with Gasteiger partial charge in [-0.05, 0) is 55.0 Å². The molecule has 8 nitrogen and oxygen atoms in total. The molecule has 1 fully saturated rings. The van der Waals surface area contributed by atoms with Crippen molar-refractivity contribution in [3.8, 4) is 11.3 Å². The summed E-state index contributed by atoms with van der Waals surface area (Å²) in [6, 6.07) is 13.5. The minimum Gasteiger partial charge on any atom is -0.545 e. The van der Waals surface area contributed by atoms with Crippen LogP contribution in [0.3, 0.4) is 0 Å². The van der Waals surface area contributed by atoms with Gasteiger partial charge in [-0.3, -0.25) is 14.9 Å². The zero-order chi connectivity index (χ0) is 23.0. The first-order valence-corrected chi connectivity index (χ1v) is 10.1. The number of imide groups is 2. The molecule has 0 aliphatic carbocycles. The van der Waals surface area contributed by atoms with Crippen molar-refractivity contribution >= 4 is 51.5 Å². The molecule has 0 unspecified atom stereocenters. The van der Waals surface area contributed by atoms with Gasteiger partial charge < -0.3 is 14.3 Å². The largest absolute Gasteiger partial charge is 0.545 e. The van der Waals surface area contributed by atoms with Crippen molar-refractivity contribution in [2.75, 3.05) is 4.90 Å². The van der Waals surface area contributed by atoms with Crippen molar-refractivity contribution in [1.29, 1.82) is 0 Å². The smallest absolute Gasteiger partial charge is 0.335 e. The lowest BCUT2D eigenvalue weighted by Crippen LogP contribution is -2.54. The van der Waals surface area contributed by atoms with Crippen LogP contribution in [0.2, 0.25) is 0 Å². The van der Waals surface area contributed by atoms with Gasteiger partial charge in [-0.15, -0.1) is 0 Å². The molecule has 1 saturated heterocycles. The molecule has 2 heterocycles. The molecule has 1 aromatic heterocycles. The fraction of sp³-hybridized carbons (Fsp3) is 0.0435. The van der Waals surface area contributed by atoms with Crippen LogP contribution in [0.5, 0.6) is 0 Å². The number of aromatic carboxylic acids is 1. The van der Waals surface area contributed by atoms with Crippen LogP contribution in [0.4, 0.5) is 10.5 Å². The van der Waals surface area contributed by atoms with E-state index < -0.39 is 23.8 Å². The maximum Gasteiger partial charge on any atom is 0.335 e. The quantitative estimate of drug-likeness (QED) is 0.440. The molecule has 4 amide bonds. The summed E-state index contributed by atoms with van der Waals surface area (Å²) in [5, 5.41) is 13.4. The van der Waals surface area contributed by atoms with E-state index in [9.17, 15) is 24.3 Å². The van der Waals surface area contributed by atoms with E-state index in [4.69, 9.17) is 4.42 Å². The Morgan fingerprint density at radius 3 is 2.59 bits per heavy atom. The van der Waals surface area contributed by atoms with Gasteiger partial charge in [0.15, 0.2) is 0 Å². The van der Waals surface area contributed by atoms with Crippen molar-refractivity contribution in [2.45, 2.75) is 6.92 Å². The molecule has 0 spiro atoms. The summed E-state index contributed by atoms with van der Waals surface area (Å²) >= 11 is 3.29. The number of carboxylic acid groups (broad SMARTS) is 1. The molecule has 4 rings (SSSR count). The van der Waals surface area contributed by atoms with Gasteiger partial charge in [0.2, 0.25) is 0 Å². The highest BCUT2D eigenvalue weighted by Crippen LogP contribution is 2.28. The summed E-state index contributed by atoms with van der Waals surface area (Å²) in [4.78, 5) is 49.7. The van der Waals surface area contributed by atoms with Crippen molar-refractivity contribution in [2.24, 2.45) is 0 Å². The highest BCUT2D eigenvalue weighted by molar-refractivity contribution is 9.10. The Kier molecular flexibility index (Phi) is 5.50. The van der Waals surface area contributed by atoms with Gasteiger partial charge in [0.25, 0.3) is 11.8 Å². The number of barbiturate groups is 1. The number of hydrogen-bond acceptors (Lipinski definition) is 6. The van der Waals surface area contributed by atoms with E-state index in [1.165, 1.54) is 18.2 Å². The van der Waals surface area contributed by atoms with Crippen LogP contribution < -0.4 is 15.3 Å². The predicted molar refractivity (Wildman–Crippen MR) is 116 cm³/mol. The number of nitrogens with one attached hydrogen (secondary N) is 1. The number of urea groups is 1. The number of carbonyl (C=O) groups excluding carboxylic acids is 4. The van der Waals surface area contributed by atoms with Crippen LogP contribution in [-0.2, 0) is 9.59 Å². The lowest BCUT2D eigenvalue weighted by Gasteiger charge is -2.26. The zero-order valence-corrected chi connectivity index (χ0v) is 18.1. The molecule has 0 radical (unpaired) electrons. The highest BCUT2D eigenvalue weighted by atomic mass is 79.9. The Morgan fingerprint density at radius 2 is 1.88 bits per heavy atom. The summed E-state index contributed by atoms with van der Waals surface area (Å²) < 4.78 is 6.35. The molecule has 1 aliphatic heterocycles. The van der Waals surface area contributed by atoms with E-state index >= 15 is 0 Å². The predicted octanol–water partition coefficient (Wildman–Crippen LogP) is 3.05. The van der Waals surface area contributed by atoms with E-state index in [2.05, 4.69) is 21.2 Å². The number of nitrogens with zero attached hydrogens (tertiary/aromatic N) is 1. The van der Waals surface area contributed by atoms with E-state index in [1.54, 1.807) is 49.4 Å². The molecule has 1 N–H and O–H groups in total. The number of carbonyl (C=O) groups is 4. The number of carboxylic acids is 1. The molecule has 1 aliphatic rings. The lowest BCUT2D eigenvalue weighted by atomic mass is 10.0. The van der Waals surface area contributed by atoms with Gasteiger partial charge in [-0.2, -0.15) is 0 Å². The van der Waals surface area contributed by atoms with Gasteiger partial charge in [0.05, 0.1) is 11.7 Å². The molecule has 0 bridgehead atoms. The van der Waals surface area contributed by atoms with Gasteiger partial charge >= 0.3 is 6.03 Å². The molecular weight excluding hydrogens is 480 g/mol.